The number of hydrogen-bond donors (Lipinski definition) is 3. The highest BCUT2D eigenvalue weighted by molar-refractivity contribution is 6.04. The smallest absolute Gasteiger partial charge is 0.255 e. The number of nitrogens with zero attached hydrogens (tertiary/aromatic N) is 3. The number of rotatable bonds is 5. The van der Waals surface area contributed by atoms with Crippen molar-refractivity contribution in [3.8, 4) is 5.69 Å². The lowest BCUT2D eigenvalue weighted by atomic mass is 9.95. The van der Waals surface area contributed by atoms with E-state index < -0.39 is 0 Å². The van der Waals surface area contributed by atoms with Gasteiger partial charge in [-0.25, -0.2) is 4.68 Å². The summed E-state index contributed by atoms with van der Waals surface area (Å²) in [6, 6.07) is 18.6. The number of benzene rings is 2. The van der Waals surface area contributed by atoms with Gasteiger partial charge in [-0.3, -0.25) is 14.6 Å². The number of hydrogen-bond acceptors (Lipinski definition) is 5. The Morgan fingerprint density at radius 1 is 0.971 bits per heavy atom. The fraction of sp³-hybridized carbons (Fsp3) is 0.154. The van der Waals surface area contributed by atoms with Crippen molar-refractivity contribution >= 4 is 23.2 Å². The van der Waals surface area contributed by atoms with Gasteiger partial charge >= 0.3 is 0 Å². The lowest BCUT2D eigenvalue weighted by Gasteiger charge is -2.25. The second-order valence-corrected chi connectivity index (χ2v) is 8.26. The van der Waals surface area contributed by atoms with Gasteiger partial charge < -0.3 is 16.0 Å². The van der Waals surface area contributed by atoms with Crippen molar-refractivity contribution in [2.75, 3.05) is 10.6 Å². The van der Waals surface area contributed by atoms with Gasteiger partial charge in [0.2, 0.25) is 5.91 Å². The molecule has 170 valence electrons. The van der Waals surface area contributed by atoms with E-state index >= 15 is 0 Å². The average Bonchev–Trinajstić information content (AvgIpc) is 3.33. The van der Waals surface area contributed by atoms with Crippen molar-refractivity contribution < 1.29 is 9.59 Å². The number of amides is 2. The number of carbonyl (C=O) groups excluding carboxylic acids is 2. The lowest BCUT2D eigenvalue weighted by Crippen LogP contribution is -2.44. The normalized spacial score (nSPS) is 14.8. The average molecular weight is 453 g/mol. The Kier molecular flexibility index (Phi) is 5.88. The Hall–Kier alpha value is -4.30. The van der Waals surface area contributed by atoms with Gasteiger partial charge in [-0.2, -0.15) is 5.10 Å². The Morgan fingerprint density at radius 3 is 2.65 bits per heavy atom. The molecule has 4 aromatic rings. The Labute approximate surface area is 197 Å². The number of fused-ring (bicyclic) bond motifs is 1. The lowest BCUT2D eigenvalue weighted by molar-refractivity contribution is -0.118. The molecule has 34 heavy (non-hydrogen) atoms. The summed E-state index contributed by atoms with van der Waals surface area (Å²) in [5.41, 5.74) is 5.71. The minimum Gasteiger partial charge on any atom is -0.322 e. The first-order chi connectivity index (χ1) is 16.5. The van der Waals surface area contributed by atoms with Gasteiger partial charge in [0.1, 0.15) is 0 Å². The molecule has 2 aromatic carbocycles. The van der Waals surface area contributed by atoms with E-state index in [-0.39, 0.29) is 17.9 Å². The van der Waals surface area contributed by atoms with E-state index in [1.807, 2.05) is 37.3 Å². The van der Waals surface area contributed by atoms with Crippen LogP contribution in [0.3, 0.4) is 0 Å². The van der Waals surface area contributed by atoms with E-state index in [1.165, 1.54) is 11.1 Å². The van der Waals surface area contributed by atoms with Crippen LogP contribution in [0.2, 0.25) is 0 Å². The molecular weight excluding hydrogens is 428 g/mol. The van der Waals surface area contributed by atoms with Gasteiger partial charge in [-0.05, 0) is 54.8 Å². The minimum atomic E-state index is -0.304. The SMILES string of the molecule is Cc1ccc(NC(=O)c2cccc(-n3cc(NC(=O)C4Cc5ccccc5CN4)cn3)c2)cn1. The molecule has 0 saturated carbocycles. The second kappa shape index (κ2) is 9.29. The largest absolute Gasteiger partial charge is 0.322 e. The van der Waals surface area contributed by atoms with Crippen molar-refractivity contribution in [1.82, 2.24) is 20.1 Å². The highest BCUT2D eigenvalue weighted by Crippen LogP contribution is 2.19. The van der Waals surface area contributed by atoms with Crippen LogP contribution in [0.15, 0.2) is 79.3 Å². The molecule has 8 heteroatoms. The van der Waals surface area contributed by atoms with Crippen LogP contribution in [0, 0.1) is 6.92 Å². The maximum absolute atomic E-state index is 12.8. The molecule has 0 bridgehead atoms. The van der Waals surface area contributed by atoms with Gasteiger partial charge in [-0.15, -0.1) is 0 Å². The topological polar surface area (TPSA) is 101 Å². The first kappa shape index (κ1) is 21.5. The van der Waals surface area contributed by atoms with E-state index in [4.69, 9.17) is 0 Å². The van der Waals surface area contributed by atoms with Crippen molar-refractivity contribution in [1.29, 1.82) is 0 Å². The maximum atomic E-state index is 12.8. The van der Waals surface area contributed by atoms with Gasteiger partial charge in [-0.1, -0.05) is 30.3 Å². The predicted octanol–water partition coefficient (Wildman–Crippen LogP) is 3.48. The third-order valence-electron chi connectivity index (χ3n) is 5.79. The highest BCUT2D eigenvalue weighted by Gasteiger charge is 2.24. The zero-order chi connectivity index (χ0) is 23.5. The van der Waals surface area contributed by atoms with Crippen LogP contribution in [0.4, 0.5) is 11.4 Å². The van der Waals surface area contributed by atoms with Gasteiger partial charge in [0.05, 0.1) is 41.7 Å². The van der Waals surface area contributed by atoms with Crippen LogP contribution in [0.1, 0.15) is 27.2 Å². The summed E-state index contributed by atoms with van der Waals surface area (Å²) in [4.78, 5) is 29.7. The van der Waals surface area contributed by atoms with Crippen LogP contribution >= 0.6 is 0 Å². The second-order valence-electron chi connectivity index (χ2n) is 8.26. The summed E-state index contributed by atoms with van der Waals surface area (Å²) >= 11 is 0. The first-order valence-electron chi connectivity index (χ1n) is 11.1. The Morgan fingerprint density at radius 2 is 1.82 bits per heavy atom. The highest BCUT2D eigenvalue weighted by atomic mass is 16.2. The summed E-state index contributed by atoms with van der Waals surface area (Å²) in [5.74, 6) is -0.342. The molecule has 1 unspecified atom stereocenters. The monoisotopic (exact) mass is 452 g/mol. The summed E-state index contributed by atoms with van der Waals surface area (Å²) in [6.45, 7) is 2.56. The number of carbonyl (C=O) groups is 2. The quantitative estimate of drug-likeness (QED) is 0.430. The zero-order valence-corrected chi connectivity index (χ0v) is 18.7. The van der Waals surface area contributed by atoms with Crippen LogP contribution in [0.5, 0.6) is 0 Å². The molecule has 0 radical (unpaired) electrons. The van der Waals surface area contributed by atoms with E-state index in [2.05, 4.69) is 38.2 Å². The molecule has 0 fully saturated rings. The van der Waals surface area contributed by atoms with Crippen LogP contribution < -0.4 is 16.0 Å². The molecule has 1 aliphatic heterocycles. The predicted molar refractivity (Wildman–Crippen MR) is 130 cm³/mol. The van der Waals surface area contributed by atoms with E-state index in [0.29, 0.717) is 35.6 Å². The third-order valence-corrected chi connectivity index (χ3v) is 5.79. The molecule has 2 aromatic heterocycles. The van der Waals surface area contributed by atoms with Crippen LogP contribution in [0.25, 0.3) is 5.69 Å². The number of nitrogens with one attached hydrogen (secondary N) is 3. The van der Waals surface area contributed by atoms with Gasteiger partial charge in [0.15, 0.2) is 0 Å². The molecule has 8 nitrogen and oxygen atoms in total. The van der Waals surface area contributed by atoms with Crippen LogP contribution in [-0.2, 0) is 17.8 Å². The molecule has 3 N–H and O–H groups in total. The first-order valence-corrected chi connectivity index (χ1v) is 11.1. The van der Waals surface area contributed by atoms with Crippen molar-refractivity contribution in [2.24, 2.45) is 0 Å². The number of aromatic nitrogens is 3. The summed E-state index contributed by atoms with van der Waals surface area (Å²) in [6.07, 6.45) is 5.60. The third kappa shape index (κ3) is 4.72. The molecule has 0 saturated heterocycles. The Balaban J connectivity index is 1.25. The molecule has 3 heterocycles. The molecule has 1 atom stereocenters. The number of aryl methyl sites for hydroxylation is 1. The standard InChI is InChI=1S/C26H24N6O2/c1-17-9-10-21(14-27-17)30-25(33)19-7-4-8-23(11-19)32-16-22(15-29-32)31-26(34)24-12-18-5-2-3-6-20(18)13-28-24/h2-11,14-16,24,28H,12-13H2,1H3,(H,30,33)(H,31,34). The van der Waals surface area contributed by atoms with E-state index in [0.717, 1.165) is 5.69 Å². The molecular formula is C26H24N6O2. The molecule has 5 rings (SSSR count). The fourth-order valence-electron chi connectivity index (χ4n) is 3.93. The number of pyridine rings is 1. The molecule has 2 amide bonds. The van der Waals surface area contributed by atoms with Crippen molar-refractivity contribution in [2.45, 2.75) is 25.9 Å². The summed E-state index contributed by atoms with van der Waals surface area (Å²) in [7, 11) is 0. The van der Waals surface area contributed by atoms with Crippen LogP contribution in [-0.4, -0.2) is 32.6 Å². The summed E-state index contributed by atoms with van der Waals surface area (Å²) < 4.78 is 1.63. The fourth-order valence-corrected chi connectivity index (χ4v) is 3.93. The molecule has 0 aliphatic carbocycles. The van der Waals surface area contributed by atoms with E-state index in [9.17, 15) is 9.59 Å². The molecule has 1 aliphatic rings. The molecule has 0 spiro atoms. The Bertz CT molecular complexity index is 1350. The van der Waals surface area contributed by atoms with Gasteiger partial charge in [0, 0.05) is 17.8 Å². The maximum Gasteiger partial charge on any atom is 0.255 e. The number of anilines is 2. The van der Waals surface area contributed by atoms with Crippen molar-refractivity contribution in [3.63, 3.8) is 0 Å². The summed E-state index contributed by atoms with van der Waals surface area (Å²) in [5, 5.41) is 13.4. The van der Waals surface area contributed by atoms with E-state index in [1.54, 1.807) is 41.5 Å². The zero-order valence-electron chi connectivity index (χ0n) is 18.7. The van der Waals surface area contributed by atoms with Crippen molar-refractivity contribution in [3.05, 3.63) is 102 Å². The minimum absolute atomic E-state index is 0.103. The van der Waals surface area contributed by atoms with Gasteiger partial charge in [0.25, 0.3) is 5.91 Å².